The molecule has 1 aliphatic rings. The summed E-state index contributed by atoms with van der Waals surface area (Å²) >= 11 is 6.53. The number of carbonyl (C=O) groups excluding carboxylic acids is 2. The maximum absolute atomic E-state index is 12.6. The zero-order valence-corrected chi connectivity index (χ0v) is 19.1. The van der Waals surface area contributed by atoms with Gasteiger partial charge in [0.25, 0.3) is 15.9 Å². The lowest BCUT2D eigenvalue weighted by Crippen LogP contribution is -2.41. The molecule has 0 unspecified atom stereocenters. The van der Waals surface area contributed by atoms with Gasteiger partial charge in [0, 0.05) is 13.0 Å². The molecule has 1 heterocycles. The second kappa shape index (κ2) is 10.2. The van der Waals surface area contributed by atoms with Crippen molar-refractivity contribution in [1.29, 1.82) is 0 Å². The van der Waals surface area contributed by atoms with Gasteiger partial charge in [-0.15, -0.1) is 4.83 Å². The minimum atomic E-state index is -3.83. The van der Waals surface area contributed by atoms with Crippen LogP contribution in [0.1, 0.15) is 24.0 Å². The molecule has 162 valence electrons. The summed E-state index contributed by atoms with van der Waals surface area (Å²) in [6.07, 6.45) is 2.17. The summed E-state index contributed by atoms with van der Waals surface area (Å²) < 4.78 is 24.6. The minimum absolute atomic E-state index is 0.0331. The van der Waals surface area contributed by atoms with Crippen LogP contribution in [0.5, 0.6) is 0 Å². The topological polar surface area (TPSA) is 95.6 Å². The standard InChI is InChI=1S/C21H21N3O4S3/c1-15-9-11-16(12-10-15)14-18-20(26)24(21(29)30-18)13-5-8-19(25)22-23-31(27,28)17-6-3-2-4-7-17/h2-4,6-7,9-12,14,23H,5,8,13H2,1H3,(H,22,25)/b18-14-. The average Bonchev–Trinajstić information content (AvgIpc) is 3.02. The fourth-order valence-electron chi connectivity index (χ4n) is 2.75. The van der Waals surface area contributed by atoms with Crippen LogP contribution in [0.4, 0.5) is 0 Å². The fourth-order valence-corrected chi connectivity index (χ4v) is 4.94. The Morgan fingerprint density at radius 1 is 1.13 bits per heavy atom. The smallest absolute Gasteiger partial charge is 0.266 e. The zero-order valence-electron chi connectivity index (χ0n) is 16.7. The van der Waals surface area contributed by atoms with Crippen LogP contribution >= 0.6 is 24.0 Å². The van der Waals surface area contributed by atoms with Gasteiger partial charge in [-0.05, 0) is 37.1 Å². The molecule has 0 radical (unpaired) electrons. The number of rotatable bonds is 8. The van der Waals surface area contributed by atoms with Crippen LogP contribution in [0.2, 0.25) is 0 Å². The molecule has 2 aromatic rings. The van der Waals surface area contributed by atoms with Crippen molar-refractivity contribution >= 4 is 56.2 Å². The third kappa shape index (κ3) is 6.23. The number of carbonyl (C=O) groups is 2. The summed E-state index contributed by atoms with van der Waals surface area (Å²) in [5.74, 6) is -0.694. The molecule has 7 nitrogen and oxygen atoms in total. The number of benzene rings is 2. The van der Waals surface area contributed by atoms with Gasteiger partial charge in [-0.25, -0.2) is 8.42 Å². The summed E-state index contributed by atoms with van der Waals surface area (Å²) in [7, 11) is -3.83. The Hall–Kier alpha value is -2.53. The Kier molecular flexibility index (Phi) is 7.60. The predicted molar refractivity (Wildman–Crippen MR) is 125 cm³/mol. The van der Waals surface area contributed by atoms with Crippen LogP contribution in [0.25, 0.3) is 6.08 Å². The number of aryl methyl sites for hydroxylation is 1. The van der Waals surface area contributed by atoms with E-state index in [-0.39, 0.29) is 23.8 Å². The lowest BCUT2D eigenvalue weighted by atomic mass is 10.1. The highest BCUT2D eigenvalue weighted by Gasteiger charge is 2.31. The van der Waals surface area contributed by atoms with Crippen LogP contribution in [0.15, 0.2) is 64.4 Å². The molecule has 0 bridgehead atoms. The summed E-state index contributed by atoms with van der Waals surface area (Å²) in [6.45, 7) is 2.26. The van der Waals surface area contributed by atoms with Crippen LogP contribution in [-0.2, 0) is 19.6 Å². The van der Waals surface area contributed by atoms with Crippen molar-refractivity contribution in [2.45, 2.75) is 24.7 Å². The van der Waals surface area contributed by atoms with Crippen molar-refractivity contribution in [3.63, 3.8) is 0 Å². The number of hydrogen-bond donors (Lipinski definition) is 2. The third-order valence-corrected chi connectivity index (χ3v) is 7.05. The Balaban J connectivity index is 1.48. The van der Waals surface area contributed by atoms with E-state index in [0.29, 0.717) is 15.6 Å². The molecule has 1 fully saturated rings. The first-order valence-corrected chi connectivity index (χ1v) is 12.1. The molecule has 0 aliphatic carbocycles. The number of nitrogens with zero attached hydrogens (tertiary/aromatic N) is 1. The first-order chi connectivity index (χ1) is 14.8. The lowest BCUT2D eigenvalue weighted by molar-refractivity contribution is -0.124. The summed E-state index contributed by atoms with van der Waals surface area (Å²) in [5.41, 5.74) is 4.23. The van der Waals surface area contributed by atoms with Crippen molar-refractivity contribution in [2.75, 3.05) is 6.54 Å². The van der Waals surface area contributed by atoms with E-state index >= 15 is 0 Å². The van der Waals surface area contributed by atoms with Crippen LogP contribution < -0.4 is 10.3 Å². The van der Waals surface area contributed by atoms with Gasteiger partial charge in [0.15, 0.2) is 0 Å². The highest BCUT2D eigenvalue weighted by atomic mass is 32.2. The number of amides is 2. The molecule has 0 atom stereocenters. The van der Waals surface area contributed by atoms with E-state index in [0.717, 1.165) is 11.1 Å². The molecular weight excluding hydrogens is 454 g/mol. The van der Waals surface area contributed by atoms with E-state index < -0.39 is 15.9 Å². The van der Waals surface area contributed by atoms with Gasteiger partial charge in [0.1, 0.15) is 4.32 Å². The SMILES string of the molecule is Cc1ccc(/C=C2\SC(=S)N(CCCC(=O)NNS(=O)(=O)c3ccccc3)C2=O)cc1. The molecular formula is C21H21N3O4S3. The second-order valence-electron chi connectivity index (χ2n) is 6.81. The molecule has 2 aromatic carbocycles. The van der Waals surface area contributed by atoms with Gasteiger partial charge in [-0.1, -0.05) is 72.0 Å². The normalized spacial score (nSPS) is 15.5. The Bertz CT molecular complexity index is 1110. The summed E-state index contributed by atoms with van der Waals surface area (Å²) in [4.78, 5) is 28.7. The molecule has 1 saturated heterocycles. The minimum Gasteiger partial charge on any atom is -0.293 e. The third-order valence-electron chi connectivity index (χ3n) is 4.41. The van der Waals surface area contributed by atoms with E-state index in [2.05, 4.69) is 10.3 Å². The van der Waals surface area contributed by atoms with Crippen molar-refractivity contribution in [1.82, 2.24) is 15.2 Å². The van der Waals surface area contributed by atoms with Gasteiger partial charge in [-0.3, -0.25) is 19.9 Å². The maximum atomic E-state index is 12.6. The van der Waals surface area contributed by atoms with Gasteiger partial charge >= 0.3 is 0 Å². The largest absolute Gasteiger partial charge is 0.293 e. The molecule has 1 aliphatic heterocycles. The maximum Gasteiger partial charge on any atom is 0.266 e. The van der Waals surface area contributed by atoms with Gasteiger partial charge < -0.3 is 0 Å². The van der Waals surface area contributed by atoms with Crippen LogP contribution in [-0.4, -0.2) is 36.0 Å². The number of thioether (sulfide) groups is 1. The van der Waals surface area contributed by atoms with Gasteiger partial charge in [0.05, 0.1) is 9.80 Å². The number of hydrazine groups is 1. The highest BCUT2D eigenvalue weighted by Crippen LogP contribution is 2.32. The average molecular weight is 476 g/mol. The fraction of sp³-hybridized carbons (Fsp3) is 0.190. The summed E-state index contributed by atoms with van der Waals surface area (Å²) in [5, 5.41) is 0. The van der Waals surface area contributed by atoms with E-state index in [4.69, 9.17) is 12.2 Å². The lowest BCUT2D eigenvalue weighted by Gasteiger charge is -2.14. The van der Waals surface area contributed by atoms with Gasteiger partial charge in [-0.2, -0.15) is 0 Å². The quantitative estimate of drug-likeness (QED) is 0.346. The molecule has 0 saturated carbocycles. The van der Waals surface area contributed by atoms with Crippen molar-refractivity contribution in [2.24, 2.45) is 0 Å². The first-order valence-electron chi connectivity index (χ1n) is 9.44. The monoisotopic (exact) mass is 475 g/mol. The van der Waals surface area contributed by atoms with Crippen LogP contribution in [0.3, 0.4) is 0 Å². The van der Waals surface area contributed by atoms with E-state index in [9.17, 15) is 18.0 Å². The van der Waals surface area contributed by atoms with Crippen molar-refractivity contribution in [3.05, 3.63) is 70.6 Å². The van der Waals surface area contributed by atoms with Crippen molar-refractivity contribution < 1.29 is 18.0 Å². The number of nitrogens with one attached hydrogen (secondary N) is 2. The molecule has 0 spiro atoms. The Morgan fingerprint density at radius 3 is 2.48 bits per heavy atom. The van der Waals surface area contributed by atoms with E-state index in [1.54, 1.807) is 24.3 Å². The van der Waals surface area contributed by atoms with E-state index in [1.807, 2.05) is 31.2 Å². The predicted octanol–water partition coefficient (Wildman–Crippen LogP) is 2.99. The molecule has 3 rings (SSSR count). The zero-order chi connectivity index (χ0) is 22.4. The van der Waals surface area contributed by atoms with Crippen molar-refractivity contribution in [3.8, 4) is 0 Å². The first kappa shape index (κ1) is 23.1. The molecule has 2 amide bonds. The molecule has 0 aromatic heterocycles. The molecule has 10 heteroatoms. The summed E-state index contributed by atoms with van der Waals surface area (Å²) in [6, 6.07) is 15.5. The number of sulfonamides is 1. The number of hydrogen-bond acceptors (Lipinski definition) is 6. The molecule has 2 N–H and O–H groups in total. The molecule has 31 heavy (non-hydrogen) atoms. The van der Waals surface area contributed by atoms with E-state index in [1.165, 1.54) is 28.8 Å². The highest BCUT2D eigenvalue weighted by molar-refractivity contribution is 8.26. The number of thiocarbonyl (C=S) groups is 1. The van der Waals surface area contributed by atoms with Crippen LogP contribution in [0, 0.1) is 6.92 Å². The Morgan fingerprint density at radius 2 is 1.81 bits per heavy atom. The Labute approximate surface area is 190 Å². The second-order valence-corrected chi connectivity index (χ2v) is 10.2. The van der Waals surface area contributed by atoms with Gasteiger partial charge in [0.2, 0.25) is 5.91 Å².